The van der Waals surface area contributed by atoms with Gasteiger partial charge in [0.25, 0.3) is 0 Å². The number of hydrogen-bond donors (Lipinski definition) is 2. The van der Waals surface area contributed by atoms with E-state index in [1.807, 2.05) is 12.1 Å². The summed E-state index contributed by atoms with van der Waals surface area (Å²) in [4.78, 5) is 2.57. The molecule has 3 N–H and O–H groups in total. The van der Waals surface area contributed by atoms with Crippen LogP contribution in [0.3, 0.4) is 0 Å². The monoisotopic (exact) mass is 267 g/mol. The van der Waals surface area contributed by atoms with E-state index in [-0.39, 0.29) is 12.4 Å². The molecule has 0 radical (unpaired) electrons. The Kier molecular flexibility index (Phi) is 3.43. The van der Waals surface area contributed by atoms with Crippen molar-refractivity contribution in [1.82, 2.24) is 0 Å². The molecule has 2 unspecified atom stereocenters. The predicted octanol–water partition coefficient (Wildman–Crippen LogP) is 3.36. The van der Waals surface area contributed by atoms with Gasteiger partial charge in [0.15, 0.2) is 0 Å². The minimum atomic E-state index is 0. The molecule has 0 bridgehead atoms. The van der Waals surface area contributed by atoms with Gasteiger partial charge in [0.05, 0.1) is 0 Å². The molecule has 0 amide bonds. The summed E-state index contributed by atoms with van der Waals surface area (Å²) in [5.41, 5.74) is 6.91. The van der Waals surface area contributed by atoms with Gasteiger partial charge in [0.2, 0.25) is 0 Å². The van der Waals surface area contributed by atoms with Gasteiger partial charge in [-0.2, -0.15) is 0 Å². The number of hydrogen-bond acceptors (Lipinski definition) is 3. The van der Waals surface area contributed by atoms with Gasteiger partial charge >= 0.3 is 0 Å². The number of aromatic hydroxyl groups is 1. The van der Waals surface area contributed by atoms with Gasteiger partial charge < -0.3 is 10.8 Å². The van der Waals surface area contributed by atoms with Crippen molar-refractivity contribution in [3.63, 3.8) is 0 Å². The quantitative estimate of drug-likeness (QED) is 0.876. The van der Waals surface area contributed by atoms with E-state index in [1.165, 1.54) is 9.75 Å². The van der Waals surface area contributed by atoms with E-state index in [4.69, 9.17) is 5.73 Å². The third kappa shape index (κ3) is 2.46. The van der Waals surface area contributed by atoms with Crippen molar-refractivity contribution in [3.8, 4) is 16.2 Å². The highest BCUT2D eigenvalue weighted by molar-refractivity contribution is 7.15. The lowest BCUT2D eigenvalue weighted by atomic mass is 10.2. The largest absolute Gasteiger partial charge is 0.508 e. The number of phenolic OH excluding ortho intramolecular Hbond substituents is 1. The van der Waals surface area contributed by atoms with Crippen molar-refractivity contribution in [2.75, 3.05) is 0 Å². The van der Waals surface area contributed by atoms with Gasteiger partial charge in [0, 0.05) is 21.7 Å². The standard InChI is InChI=1S/C13H13NOS.ClH/c14-11-7-10(11)13-5-4-12(16-13)8-2-1-3-9(15)6-8;/h1-6,10-11,15H,7,14H2;1H. The lowest BCUT2D eigenvalue weighted by Gasteiger charge is -1.97. The van der Waals surface area contributed by atoms with Crippen LogP contribution in [-0.4, -0.2) is 11.1 Å². The van der Waals surface area contributed by atoms with E-state index < -0.39 is 0 Å². The molecule has 2 nitrogen and oxygen atoms in total. The molecule has 1 aliphatic rings. The fraction of sp³-hybridized carbons (Fsp3) is 0.231. The summed E-state index contributed by atoms with van der Waals surface area (Å²) in [6.07, 6.45) is 1.11. The second kappa shape index (κ2) is 4.69. The lowest BCUT2D eigenvalue weighted by molar-refractivity contribution is 0.475. The predicted molar refractivity (Wildman–Crippen MR) is 74.0 cm³/mol. The molecule has 1 aromatic carbocycles. The summed E-state index contributed by atoms with van der Waals surface area (Å²) in [7, 11) is 0. The fourth-order valence-electron chi connectivity index (χ4n) is 1.91. The van der Waals surface area contributed by atoms with Gasteiger partial charge in [-0.1, -0.05) is 12.1 Å². The number of benzene rings is 1. The van der Waals surface area contributed by atoms with Crippen molar-refractivity contribution >= 4 is 23.7 Å². The molecular formula is C13H14ClNOS. The number of nitrogens with two attached hydrogens (primary N) is 1. The van der Waals surface area contributed by atoms with Crippen LogP contribution in [0.15, 0.2) is 36.4 Å². The zero-order valence-electron chi connectivity index (χ0n) is 9.17. The molecule has 1 fully saturated rings. The topological polar surface area (TPSA) is 46.2 Å². The van der Waals surface area contributed by atoms with Gasteiger partial charge in [-0.25, -0.2) is 0 Å². The van der Waals surface area contributed by atoms with Crippen molar-refractivity contribution in [2.45, 2.75) is 18.4 Å². The Morgan fingerprint density at radius 3 is 2.65 bits per heavy atom. The molecule has 1 aromatic heterocycles. The van der Waals surface area contributed by atoms with Crippen molar-refractivity contribution < 1.29 is 5.11 Å². The highest BCUT2D eigenvalue weighted by Crippen LogP contribution is 2.44. The summed E-state index contributed by atoms with van der Waals surface area (Å²) >= 11 is 1.78. The maximum Gasteiger partial charge on any atom is 0.116 e. The van der Waals surface area contributed by atoms with Crippen LogP contribution in [0.4, 0.5) is 0 Å². The molecule has 2 atom stereocenters. The van der Waals surface area contributed by atoms with E-state index in [1.54, 1.807) is 23.5 Å². The van der Waals surface area contributed by atoms with E-state index in [9.17, 15) is 5.11 Å². The number of rotatable bonds is 2. The lowest BCUT2D eigenvalue weighted by Crippen LogP contribution is -1.99. The smallest absolute Gasteiger partial charge is 0.116 e. The first-order valence-electron chi connectivity index (χ1n) is 5.39. The third-order valence-corrected chi connectivity index (χ3v) is 4.23. The molecular weight excluding hydrogens is 254 g/mol. The maximum absolute atomic E-state index is 9.43. The van der Waals surface area contributed by atoms with E-state index in [0.29, 0.717) is 17.7 Å². The molecule has 1 aliphatic carbocycles. The first-order valence-corrected chi connectivity index (χ1v) is 6.20. The Morgan fingerprint density at radius 1 is 1.24 bits per heavy atom. The van der Waals surface area contributed by atoms with Crippen LogP contribution in [0, 0.1) is 0 Å². The SMILES string of the molecule is Cl.NC1CC1c1ccc(-c2cccc(O)c2)s1. The van der Waals surface area contributed by atoms with E-state index >= 15 is 0 Å². The Morgan fingerprint density at radius 2 is 2.00 bits per heavy atom. The first kappa shape index (κ1) is 12.4. The number of phenols is 1. The van der Waals surface area contributed by atoms with Crippen LogP contribution in [-0.2, 0) is 0 Å². The van der Waals surface area contributed by atoms with Crippen LogP contribution in [0.5, 0.6) is 5.75 Å². The van der Waals surface area contributed by atoms with Crippen LogP contribution in [0.1, 0.15) is 17.2 Å². The molecule has 4 heteroatoms. The van der Waals surface area contributed by atoms with Gasteiger partial charge in [-0.05, 0) is 36.2 Å². The summed E-state index contributed by atoms with van der Waals surface area (Å²) in [6, 6.07) is 12.0. The van der Waals surface area contributed by atoms with Crippen LogP contribution in [0.25, 0.3) is 10.4 Å². The van der Waals surface area contributed by atoms with Gasteiger partial charge in [0.1, 0.15) is 5.75 Å². The second-order valence-electron chi connectivity index (χ2n) is 4.26. The van der Waals surface area contributed by atoms with Gasteiger partial charge in [-0.15, -0.1) is 23.7 Å². The Balaban J connectivity index is 0.00000108. The maximum atomic E-state index is 9.43. The molecule has 90 valence electrons. The first-order chi connectivity index (χ1) is 7.74. The summed E-state index contributed by atoms with van der Waals surface area (Å²) in [6.45, 7) is 0. The van der Waals surface area contributed by atoms with Crippen LogP contribution >= 0.6 is 23.7 Å². The van der Waals surface area contributed by atoms with Crippen LogP contribution in [0.2, 0.25) is 0 Å². The normalized spacial score (nSPS) is 21.9. The molecule has 0 aliphatic heterocycles. The molecule has 0 saturated heterocycles. The van der Waals surface area contributed by atoms with Crippen molar-refractivity contribution in [1.29, 1.82) is 0 Å². The molecule has 2 aromatic rings. The highest BCUT2D eigenvalue weighted by atomic mass is 35.5. The summed E-state index contributed by atoms with van der Waals surface area (Å²) in [5.74, 6) is 0.881. The average molecular weight is 268 g/mol. The van der Waals surface area contributed by atoms with Crippen LogP contribution < -0.4 is 5.73 Å². The molecule has 1 saturated carbocycles. The minimum absolute atomic E-state index is 0. The van der Waals surface area contributed by atoms with E-state index in [0.717, 1.165) is 12.0 Å². The summed E-state index contributed by atoms with van der Waals surface area (Å²) in [5, 5.41) is 9.43. The molecule has 0 spiro atoms. The molecule has 3 rings (SSSR count). The summed E-state index contributed by atoms with van der Waals surface area (Å²) < 4.78 is 0. The Labute approximate surface area is 111 Å². The molecule has 1 heterocycles. The average Bonchev–Trinajstić information content (AvgIpc) is 2.81. The Bertz CT molecular complexity index is 526. The zero-order valence-corrected chi connectivity index (χ0v) is 10.8. The Hall–Kier alpha value is -1.03. The minimum Gasteiger partial charge on any atom is -0.508 e. The van der Waals surface area contributed by atoms with Gasteiger partial charge in [-0.3, -0.25) is 0 Å². The third-order valence-electron chi connectivity index (χ3n) is 2.96. The zero-order chi connectivity index (χ0) is 11.1. The molecule has 17 heavy (non-hydrogen) atoms. The number of thiophene rings is 1. The second-order valence-corrected chi connectivity index (χ2v) is 5.37. The van der Waals surface area contributed by atoms with Crippen molar-refractivity contribution in [2.24, 2.45) is 5.73 Å². The number of halogens is 1. The van der Waals surface area contributed by atoms with Crippen molar-refractivity contribution in [3.05, 3.63) is 41.3 Å². The van der Waals surface area contributed by atoms with E-state index in [2.05, 4.69) is 12.1 Å². The highest BCUT2D eigenvalue weighted by Gasteiger charge is 2.35. The fourth-order valence-corrected chi connectivity index (χ4v) is 3.10.